The average molecular weight is 339 g/mol. The summed E-state index contributed by atoms with van der Waals surface area (Å²) in [6.07, 6.45) is -0.0422. The van der Waals surface area contributed by atoms with Crippen LogP contribution in [0.5, 0.6) is 11.5 Å². The first-order valence-corrected chi connectivity index (χ1v) is 7.91. The molecule has 0 radical (unpaired) electrons. The Balaban J connectivity index is 3.17. The zero-order valence-corrected chi connectivity index (χ0v) is 12.7. The number of aliphatic hydroxyl groups is 1. The smallest absolute Gasteiger partial charge is 0.161 e. The molecule has 0 saturated heterocycles. The summed E-state index contributed by atoms with van der Waals surface area (Å²) in [4.78, 5) is 0. The molecule has 1 rings (SSSR count). The summed E-state index contributed by atoms with van der Waals surface area (Å²) < 4.78 is 33.1. The minimum absolute atomic E-state index is 0.346. The van der Waals surface area contributed by atoms with Gasteiger partial charge in [-0.1, -0.05) is 15.9 Å². The van der Waals surface area contributed by atoms with E-state index in [-0.39, 0.29) is 5.75 Å². The lowest BCUT2D eigenvalue weighted by Gasteiger charge is -2.15. The molecule has 1 aromatic rings. The molecule has 102 valence electrons. The zero-order chi connectivity index (χ0) is 13.9. The summed E-state index contributed by atoms with van der Waals surface area (Å²) in [5.74, 6) is 0.587. The highest BCUT2D eigenvalue weighted by molar-refractivity contribution is 9.10. The molecule has 0 fully saturated rings. The van der Waals surface area contributed by atoms with Gasteiger partial charge in [0.15, 0.2) is 11.5 Å². The molecule has 0 heterocycles. The maximum atomic E-state index is 11.2. The Morgan fingerprint density at radius 3 is 2.22 bits per heavy atom. The van der Waals surface area contributed by atoms with Crippen molar-refractivity contribution in [3.63, 3.8) is 0 Å². The van der Waals surface area contributed by atoms with Crippen LogP contribution in [0.2, 0.25) is 0 Å². The molecule has 1 aromatic carbocycles. The number of ether oxygens (including phenoxy) is 2. The van der Waals surface area contributed by atoms with Crippen molar-refractivity contribution in [1.82, 2.24) is 0 Å². The largest absolute Gasteiger partial charge is 0.493 e. The first kappa shape index (κ1) is 15.3. The van der Waals surface area contributed by atoms with Gasteiger partial charge < -0.3 is 14.6 Å². The van der Waals surface area contributed by atoms with E-state index >= 15 is 0 Å². The monoisotopic (exact) mass is 338 g/mol. The van der Waals surface area contributed by atoms with Crippen molar-refractivity contribution in [3.8, 4) is 11.5 Å². The Morgan fingerprint density at radius 2 is 1.78 bits per heavy atom. The minimum Gasteiger partial charge on any atom is -0.493 e. The molecule has 0 amide bonds. The highest BCUT2D eigenvalue weighted by Gasteiger charge is 2.19. The molecule has 0 saturated carbocycles. The lowest BCUT2D eigenvalue weighted by atomic mass is 10.1. The van der Waals surface area contributed by atoms with E-state index < -0.39 is 15.9 Å². The number of rotatable bonds is 5. The Hall–Kier alpha value is -0.790. The number of methoxy groups -OCH3 is 2. The number of benzene rings is 1. The van der Waals surface area contributed by atoms with E-state index in [1.54, 1.807) is 12.1 Å². The van der Waals surface area contributed by atoms with Gasteiger partial charge in [0.1, 0.15) is 9.84 Å². The molecular weight excluding hydrogens is 324 g/mol. The number of hydrogen-bond acceptors (Lipinski definition) is 5. The lowest BCUT2D eigenvalue weighted by molar-refractivity contribution is 0.200. The fourth-order valence-electron chi connectivity index (χ4n) is 1.50. The first-order chi connectivity index (χ1) is 8.28. The van der Waals surface area contributed by atoms with Crippen molar-refractivity contribution in [1.29, 1.82) is 0 Å². The van der Waals surface area contributed by atoms with E-state index in [2.05, 4.69) is 15.9 Å². The summed E-state index contributed by atoms with van der Waals surface area (Å²) in [7, 11) is -0.299. The molecule has 5 nitrogen and oxygen atoms in total. The Labute approximate surface area is 115 Å². The summed E-state index contributed by atoms with van der Waals surface area (Å²) in [6, 6.07) is 3.18. The van der Waals surface area contributed by atoms with Gasteiger partial charge in [-0.2, -0.15) is 0 Å². The molecule has 1 N–H and O–H groups in total. The van der Waals surface area contributed by atoms with Gasteiger partial charge in [-0.25, -0.2) is 8.42 Å². The molecule has 1 unspecified atom stereocenters. The van der Waals surface area contributed by atoms with Crippen molar-refractivity contribution in [3.05, 3.63) is 22.2 Å². The van der Waals surface area contributed by atoms with E-state index in [1.807, 2.05) is 0 Å². The molecular formula is C11H15BrO5S. The average Bonchev–Trinajstić information content (AvgIpc) is 2.26. The van der Waals surface area contributed by atoms with Crippen LogP contribution in [0.4, 0.5) is 0 Å². The van der Waals surface area contributed by atoms with Gasteiger partial charge in [-0.05, 0) is 17.7 Å². The van der Waals surface area contributed by atoms with Gasteiger partial charge in [0.2, 0.25) is 0 Å². The van der Waals surface area contributed by atoms with Gasteiger partial charge in [-0.3, -0.25) is 0 Å². The Morgan fingerprint density at radius 1 is 1.28 bits per heavy atom. The number of halogens is 1. The minimum atomic E-state index is -3.27. The normalized spacial score (nSPS) is 13.2. The van der Waals surface area contributed by atoms with Crippen molar-refractivity contribution >= 4 is 25.8 Å². The number of sulfone groups is 1. The molecule has 1 atom stereocenters. The van der Waals surface area contributed by atoms with Crippen molar-refractivity contribution in [2.24, 2.45) is 0 Å². The second-order valence-electron chi connectivity index (χ2n) is 3.84. The van der Waals surface area contributed by atoms with Crippen LogP contribution in [0.25, 0.3) is 0 Å². The van der Waals surface area contributed by atoms with Crippen LogP contribution < -0.4 is 9.47 Å². The first-order valence-electron chi connectivity index (χ1n) is 5.05. The number of hydrogen-bond donors (Lipinski definition) is 1. The second-order valence-corrected chi connectivity index (χ2v) is 6.88. The van der Waals surface area contributed by atoms with Gasteiger partial charge in [0.05, 0.1) is 26.1 Å². The van der Waals surface area contributed by atoms with Gasteiger partial charge >= 0.3 is 0 Å². The van der Waals surface area contributed by atoms with Crippen LogP contribution in [0.15, 0.2) is 16.6 Å². The molecule has 7 heteroatoms. The summed E-state index contributed by atoms with van der Waals surface area (Å²) in [5.41, 5.74) is 0.443. The molecule has 0 bridgehead atoms. The van der Waals surface area contributed by atoms with Crippen LogP contribution in [0.3, 0.4) is 0 Å². The van der Waals surface area contributed by atoms with E-state index in [1.165, 1.54) is 14.2 Å². The van der Waals surface area contributed by atoms with Crippen molar-refractivity contribution in [2.75, 3.05) is 26.2 Å². The van der Waals surface area contributed by atoms with Crippen LogP contribution in [-0.2, 0) is 9.84 Å². The summed E-state index contributed by atoms with van der Waals surface area (Å²) in [5, 5.41) is 9.91. The van der Waals surface area contributed by atoms with Gasteiger partial charge in [0.25, 0.3) is 0 Å². The molecule has 18 heavy (non-hydrogen) atoms. The topological polar surface area (TPSA) is 72.8 Å². The zero-order valence-electron chi connectivity index (χ0n) is 10.3. The van der Waals surface area contributed by atoms with E-state index in [4.69, 9.17) is 9.47 Å². The van der Waals surface area contributed by atoms with Gasteiger partial charge in [-0.15, -0.1) is 0 Å². The van der Waals surface area contributed by atoms with Crippen LogP contribution in [0, 0.1) is 0 Å². The fraction of sp³-hybridized carbons (Fsp3) is 0.455. The quantitative estimate of drug-likeness (QED) is 0.881. The summed E-state index contributed by atoms with van der Waals surface area (Å²) >= 11 is 3.27. The predicted octanol–water partition coefficient (Wildman–Crippen LogP) is 1.54. The maximum Gasteiger partial charge on any atom is 0.161 e. The second kappa shape index (κ2) is 5.90. The Kier molecular flexibility index (Phi) is 5.01. The molecule has 0 aliphatic rings. The third-order valence-electron chi connectivity index (χ3n) is 2.32. The lowest BCUT2D eigenvalue weighted by Crippen LogP contribution is -2.13. The van der Waals surface area contributed by atoms with Crippen LogP contribution in [-0.4, -0.2) is 39.8 Å². The van der Waals surface area contributed by atoms with Crippen LogP contribution >= 0.6 is 15.9 Å². The molecule has 0 aromatic heterocycles. The molecule has 0 aliphatic carbocycles. The molecule has 0 aliphatic heterocycles. The van der Waals surface area contributed by atoms with E-state index in [9.17, 15) is 13.5 Å². The van der Waals surface area contributed by atoms with E-state index in [0.29, 0.717) is 21.5 Å². The molecule has 0 spiro atoms. The third kappa shape index (κ3) is 3.86. The number of aliphatic hydroxyl groups excluding tert-OH is 1. The van der Waals surface area contributed by atoms with E-state index in [0.717, 1.165) is 6.26 Å². The highest BCUT2D eigenvalue weighted by Crippen LogP contribution is 2.36. The summed E-state index contributed by atoms with van der Waals surface area (Å²) in [6.45, 7) is 0. The van der Waals surface area contributed by atoms with Crippen LogP contribution in [0.1, 0.15) is 11.7 Å². The maximum absolute atomic E-state index is 11.2. The van der Waals surface area contributed by atoms with Gasteiger partial charge in [0, 0.05) is 10.7 Å². The standard InChI is InChI=1S/C11H15BrO5S/c1-16-10-4-7(8(12)5-11(10)17-2)9(13)6-18(3,14)15/h4-5,9,13H,6H2,1-3H3. The SMILES string of the molecule is COc1cc(Br)c(C(O)CS(C)(=O)=O)cc1OC. The van der Waals surface area contributed by atoms with Crippen molar-refractivity contribution < 1.29 is 23.0 Å². The third-order valence-corrected chi connectivity index (χ3v) is 3.93. The highest BCUT2D eigenvalue weighted by atomic mass is 79.9. The Bertz CT molecular complexity index is 526. The fourth-order valence-corrected chi connectivity index (χ4v) is 2.84. The predicted molar refractivity (Wildman–Crippen MR) is 71.9 cm³/mol. The van der Waals surface area contributed by atoms with Crippen molar-refractivity contribution in [2.45, 2.75) is 6.10 Å².